The van der Waals surface area contributed by atoms with Gasteiger partial charge < -0.3 is 5.32 Å². The maximum absolute atomic E-state index is 11.5. The largest absolute Gasteiger partial charge is 0.320 e. The first-order chi connectivity index (χ1) is 6.52. The molecule has 0 rings (SSSR count). The second-order valence-electron chi connectivity index (χ2n) is 3.58. The lowest BCUT2D eigenvalue weighted by atomic mass is 10.2. The van der Waals surface area contributed by atoms with E-state index in [0.717, 1.165) is 19.4 Å². The number of sulfonamides is 1. The van der Waals surface area contributed by atoms with Crippen LogP contribution in [0.1, 0.15) is 33.1 Å². The number of rotatable bonds is 8. The third kappa shape index (κ3) is 7.29. The van der Waals surface area contributed by atoms with Crippen LogP contribution < -0.4 is 10.0 Å². The van der Waals surface area contributed by atoms with Gasteiger partial charge in [0.15, 0.2) is 0 Å². The molecule has 2 N–H and O–H groups in total. The Kier molecular flexibility index (Phi) is 7.13. The van der Waals surface area contributed by atoms with Crippen molar-refractivity contribution in [3.8, 4) is 0 Å². The molecule has 0 heterocycles. The Hall–Kier alpha value is -0.130. The molecule has 0 saturated carbocycles. The van der Waals surface area contributed by atoms with E-state index >= 15 is 0 Å². The maximum Gasteiger partial charge on any atom is 0.211 e. The van der Waals surface area contributed by atoms with Gasteiger partial charge >= 0.3 is 0 Å². The summed E-state index contributed by atoms with van der Waals surface area (Å²) in [5, 5.41) is 2.93. The predicted molar refractivity (Wildman–Crippen MR) is 59.8 cm³/mol. The van der Waals surface area contributed by atoms with E-state index in [1.165, 1.54) is 0 Å². The van der Waals surface area contributed by atoms with Gasteiger partial charge in [-0.15, -0.1) is 0 Å². The van der Waals surface area contributed by atoms with E-state index in [2.05, 4.69) is 10.0 Å². The van der Waals surface area contributed by atoms with Crippen LogP contribution in [0.25, 0.3) is 0 Å². The third-order valence-electron chi connectivity index (χ3n) is 1.94. The number of hydrogen-bond donors (Lipinski definition) is 2. The van der Waals surface area contributed by atoms with Crippen molar-refractivity contribution in [3.63, 3.8) is 0 Å². The highest BCUT2D eigenvalue weighted by atomic mass is 32.2. The van der Waals surface area contributed by atoms with Gasteiger partial charge in [-0.25, -0.2) is 13.1 Å². The molecule has 0 radical (unpaired) electrons. The molecular formula is C9H22N2O2S. The summed E-state index contributed by atoms with van der Waals surface area (Å²) in [6.45, 7) is 4.69. The second-order valence-corrected chi connectivity index (χ2v) is 5.46. The Morgan fingerprint density at radius 2 is 2.00 bits per heavy atom. The molecule has 86 valence electrons. The third-order valence-corrected chi connectivity index (χ3v) is 3.53. The van der Waals surface area contributed by atoms with Crippen LogP contribution in [0, 0.1) is 0 Å². The zero-order valence-electron chi connectivity index (χ0n) is 9.34. The highest BCUT2D eigenvalue weighted by Crippen LogP contribution is 1.98. The predicted octanol–water partition coefficient (Wildman–Crippen LogP) is 0.704. The van der Waals surface area contributed by atoms with Gasteiger partial charge in [0.25, 0.3) is 0 Å². The summed E-state index contributed by atoms with van der Waals surface area (Å²) in [6, 6.07) is 0.0552. The zero-order valence-corrected chi connectivity index (χ0v) is 10.2. The normalized spacial score (nSPS) is 14.2. The first-order valence-electron chi connectivity index (χ1n) is 5.16. The molecule has 0 aliphatic heterocycles. The molecule has 0 aromatic carbocycles. The summed E-state index contributed by atoms with van der Waals surface area (Å²) in [7, 11) is -1.25. The van der Waals surface area contributed by atoms with Crippen molar-refractivity contribution >= 4 is 10.0 Å². The Labute approximate surface area is 87.5 Å². The van der Waals surface area contributed by atoms with Gasteiger partial charge in [-0.2, -0.15) is 0 Å². The number of hydrogen-bond acceptors (Lipinski definition) is 3. The van der Waals surface area contributed by atoms with Gasteiger partial charge in [-0.3, -0.25) is 0 Å². The smallest absolute Gasteiger partial charge is 0.211 e. The van der Waals surface area contributed by atoms with Crippen LogP contribution >= 0.6 is 0 Å². The van der Waals surface area contributed by atoms with Crippen molar-refractivity contribution in [2.75, 3.05) is 19.3 Å². The van der Waals surface area contributed by atoms with Crippen LogP contribution in [0.5, 0.6) is 0 Å². The minimum Gasteiger partial charge on any atom is -0.320 e. The van der Waals surface area contributed by atoms with Gasteiger partial charge in [-0.05, 0) is 33.4 Å². The summed E-state index contributed by atoms with van der Waals surface area (Å²) >= 11 is 0. The molecule has 4 nitrogen and oxygen atoms in total. The molecule has 0 aromatic heterocycles. The highest BCUT2D eigenvalue weighted by molar-refractivity contribution is 7.89. The average molecular weight is 222 g/mol. The first kappa shape index (κ1) is 13.9. The van der Waals surface area contributed by atoms with Crippen molar-refractivity contribution < 1.29 is 8.42 Å². The standard InChI is InChI=1S/C9H22N2O2S/c1-4-6-9(2)11-14(12,13)8-5-7-10-3/h9-11H,4-8H2,1-3H3. The average Bonchev–Trinajstić information content (AvgIpc) is 2.03. The molecule has 0 fully saturated rings. The van der Waals surface area contributed by atoms with E-state index in [9.17, 15) is 8.42 Å². The van der Waals surface area contributed by atoms with Crippen LogP contribution in [0.15, 0.2) is 0 Å². The van der Waals surface area contributed by atoms with E-state index < -0.39 is 10.0 Å². The van der Waals surface area contributed by atoms with Crippen LogP contribution in [0.4, 0.5) is 0 Å². The maximum atomic E-state index is 11.5. The fourth-order valence-corrected chi connectivity index (χ4v) is 2.67. The molecule has 0 bridgehead atoms. The van der Waals surface area contributed by atoms with Gasteiger partial charge in [0.2, 0.25) is 10.0 Å². The summed E-state index contributed by atoms with van der Waals surface area (Å²) < 4.78 is 25.6. The fourth-order valence-electron chi connectivity index (χ4n) is 1.30. The molecule has 1 unspecified atom stereocenters. The number of nitrogens with one attached hydrogen (secondary N) is 2. The fraction of sp³-hybridized carbons (Fsp3) is 1.00. The van der Waals surface area contributed by atoms with Crippen LogP contribution in [0.2, 0.25) is 0 Å². The van der Waals surface area contributed by atoms with E-state index in [1.807, 2.05) is 20.9 Å². The van der Waals surface area contributed by atoms with Crippen molar-refractivity contribution in [2.24, 2.45) is 0 Å². The molecule has 14 heavy (non-hydrogen) atoms. The summed E-state index contributed by atoms with van der Waals surface area (Å²) in [5.41, 5.74) is 0. The molecule has 0 spiro atoms. The summed E-state index contributed by atoms with van der Waals surface area (Å²) in [5.74, 6) is 0.210. The molecule has 5 heteroatoms. The van der Waals surface area contributed by atoms with Gasteiger partial charge in [0.1, 0.15) is 0 Å². The topological polar surface area (TPSA) is 58.2 Å². The van der Waals surface area contributed by atoms with Crippen molar-refractivity contribution in [2.45, 2.75) is 39.2 Å². The lowest BCUT2D eigenvalue weighted by molar-refractivity contribution is 0.541. The minimum absolute atomic E-state index is 0.0552. The van der Waals surface area contributed by atoms with E-state index in [-0.39, 0.29) is 11.8 Å². The van der Waals surface area contributed by atoms with E-state index in [1.54, 1.807) is 0 Å². The Morgan fingerprint density at radius 1 is 1.36 bits per heavy atom. The van der Waals surface area contributed by atoms with Crippen molar-refractivity contribution in [1.29, 1.82) is 0 Å². The first-order valence-corrected chi connectivity index (χ1v) is 6.81. The quantitative estimate of drug-likeness (QED) is 0.595. The lowest BCUT2D eigenvalue weighted by Crippen LogP contribution is -2.34. The van der Waals surface area contributed by atoms with E-state index in [0.29, 0.717) is 6.42 Å². The molecule has 0 aliphatic carbocycles. The Bertz CT molecular complexity index is 227. The van der Waals surface area contributed by atoms with Crippen molar-refractivity contribution in [1.82, 2.24) is 10.0 Å². The van der Waals surface area contributed by atoms with Gasteiger partial charge in [-0.1, -0.05) is 13.3 Å². The van der Waals surface area contributed by atoms with Crippen LogP contribution in [-0.2, 0) is 10.0 Å². The van der Waals surface area contributed by atoms with Gasteiger partial charge in [0.05, 0.1) is 5.75 Å². The van der Waals surface area contributed by atoms with Crippen LogP contribution in [0.3, 0.4) is 0 Å². The van der Waals surface area contributed by atoms with Crippen molar-refractivity contribution in [3.05, 3.63) is 0 Å². The molecule has 0 aliphatic rings. The minimum atomic E-state index is -3.07. The molecule has 0 saturated heterocycles. The Morgan fingerprint density at radius 3 is 2.50 bits per heavy atom. The summed E-state index contributed by atoms with van der Waals surface area (Å²) in [6.07, 6.45) is 2.55. The molecular weight excluding hydrogens is 200 g/mol. The Balaban J connectivity index is 3.82. The SMILES string of the molecule is CCCC(C)NS(=O)(=O)CCCNC. The molecule has 0 amide bonds. The van der Waals surface area contributed by atoms with E-state index in [4.69, 9.17) is 0 Å². The van der Waals surface area contributed by atoms with Crippen LogP contribution in [-0.4, -0.2) is 33.8 Å². The highest BCUT2D eigenvalue weighted by Gasteiger charge is 2.12. The zero-order chi connectivity index (χ0) is 11.0. The summed E-state index contributed by atoms with van der Waals surface area (Å²) in [4.78, 5) is 0. The lowest BCUT2D eigenvalue weighted by Gasteiger charge is -2.12. The monoisotopic (exact) mass is 222 g/mol. The molecule has 1 atom stereocenters. The van der Waals surface area contributed by atoms with Gasteiger partial charge in [0, 0.05) is 6.04 Å². The molecule has 0 aromatic rings. The second kappa shape index (κ2) is 7.20.